The highest BCUT2D eigenvalue weighted by Gasteiger charge is 2.27. The van der Waals surface area contributed by atoms with Crippen LogP contribution in [0.5, 0.6) is 0 Å². The van der Waals surface area contributed by atoms with Crippen LogP contribution in [0.15, 0.2) is 0 Å². The topological polar surface area (TPSA) is 40.6 Å². The van der Waals surface area contributed by atoms with Gasteiger partial charge in [0.15, 0.2) is 0 Å². The standard InChI is InChI=1S/C12H28N2O2S/c1-6-12(7-2)11-14(10-5)17(15,16)13(8-3)9-4/h12H,6-11H2,1-5H3. The Bertz CT molecular complexity index is 283. The minimum Gasteiger partial charge on any atom is -0.195 e. The molecule has 17 heavy (non-hydrogen) atoms. The molecule has 0 aromatic heterocycles. The van der Waals surface area contributed by atoms with E-state index >= 15 is 0 Å². The molecule has 0 bridgehead atoms. The highest BCUT2D eigenvalue weighted by Crippen LogP contribution is 2.15. The zero-order valence-electron chi connectivity index (χ0n) is 11.9. The van der Waals surface area contributed by atoms with E-state index in [0.717, 1.165) is 12.8 Å². The van der Waals surface area contributed by atoms with E-state index in [4.69, 9.17) is 0 Å². The van der Waals surface area contributed by atoms with Crippen molar-refractivity contribution in [3.05, 3.63) is 0 Å². The molecule has 0 aromatic carbocycles. The fourth-order valence-corrected chi connectivity index (χ4v) is 3.64. The summed E-state index contributed by atoms with van der Waals surface area (Å²) in [5.74, 6) is 0.459. The number of rotatable bonds is 9. The van der Waals surface area contributed by atoms with Gasteiger partial charge in [0.1, 0.15) is 0 Å². The van der Waals surface area contributed by atoms with Gasteiger partial charge < -0.3 is 0 Å². The summed E-state index contributed by atoms with van der Waals surface area (Å²) in [4.78, 5) is 0. The van der Waals surface area contributed by atoms with E-state index in [1.54, 1.807) is 4.31 Å². The van der Waals surface area contributed by atoms with Crippen molar-refractivity contribution in [2.24, 2.45) is 5.92 Å². The average Bonchev–Trinajstić information content (AvgIpc) is 2.31. The summed E-state index contributed by atoms with van der Waals surface area (Å²) in [6.07, 6.45) is 2.06. The Labute approximate surface area is 107 Å². The molecule has 0 amide bonds. The fourth-order valence-electron chi connectivity index (χ4n) is 1.93. The molecule has 0 saturated heterocycles. The first-order valence-corrected chi connectivity index (χ1v) is 8.12. The van der Waals surface area contributed by atoms with Gasteiger partial charge in [-0.05, 0) is 5.92 Å². The van der Waals surface area contributed by atoms with Crippen LogP contribution >= 0.6 is 0 Å². The Morgan fingerprint density at radius 3 is 1.53 bits per heavy atom. The average molecular weight is 264 g/mol. The molecule has 4 nitrogen and oxygen atoms in total. The SMILES string of the molecule is CCC(CC)CN(CC)S(=O)(=O)N(CC)CC. The Balaban J connectivity index is 4.85. The molecule has 0 atom stereocenters. The van der Waals surface area contributed by atoms with Crippen molar-refractivity contribution in [2.45, 2.75) is 47.5 Å². The van der Waals surface area contributed by atoms with Crippen LogP contribution in [0, 0.1) is 5.92 Å². The molecule has 0 heterocycles. The van der Waals surface area contributed by atoms with Gasteiger partial charge in [-0.3, -0.25) is 0 Å². The number of hydrogen-bond acceptors (Lipinski definition) is 2. The van der Waals surface area contributed by atoms with Crippen LogP contribution in [-0.4, -0.2) is 43.2 Å². The molecule has 0 spiro atoms. The lowest BCUT2D eigenvalue weighted by molar-refractivity contribution is 0.308. The molecule has 0 aromatic rings. The lowest BCUT2D eigenvalue weighted by Gasteiger charge is -2.30. The number of hydrogen-bond donors (Lipinski definition) is 0. The molecular formula is C12H28N2O2S. The van der Waals surface area contributed by atoms with E-state index in [0.29, 0.717) is 32.1 Å². The quantitative estimate of drug-likeness (QED) is 0.641. The Morgan fingerprint density at radius 1 is 0.824 bits per heavy atom. The molecule has 104 valence electrons. The Morgan fingerprint density at radius 2 is 1.24 bits per heavy atom. The van der Waals surface area contributed by atoms with Gasteiger partial charge >= 0.3 is 0 Å². The molecule has 5 heteroatoms. The third-order valence-corrected chi connectivity index (χ3v) is 5.56. The van der Waals surface area contributed by atoms with Crippen LogP contribution in [0.1, 0.15) is 47.5 Å². The molecule has 0 N–H and O–H groups in total. The third-order valence-electron chi connectivity index (χ3n) is 3.33. The molecule has 0 fully saturated rings. The second-order valence-electron chi connectivity index (χ2n) is 4.23. The van der Waals surface area contributed by atoms with E-state index in [1.165, 1.54) is 4.31 Å². The molecule has 0 unspecified atom stereocenters. The van der Waals surface area contributed by atoms with Crippen molar-refractivity contribution in [1.29, 1.82) is 0 Å². The van der Waals surface area contributed by atoms with Crippen LogP contribution < -0.4 is 0 Å². The van der Waals surface area contributed by atoms with Crippen molar-refractivity contribution in [2.75, 3.05) is 26.2 Å². The number of nitrogens with zero attached hydrogens (tertiary/aromatic N) is 2. The van der Waals surface area contributed by atoms with Crippen molar-refractivity contribution < 1.29 is 8.42 Å². The first kappa shape index (κ1) is 16.9. The monoisotopic (exact) mass is 264 g/mol. The van der Waals surface area contributed by atoms with Crippen molar-refractivity contribution in [3.8, 4) is 0 Å². The summed E-state index contributed by atoms with van der Waals surface area (Å²) in [6, 6.07) is 0. The van der Waals surface area contributed by atoms with Crippen LogP contribution in [0.3, 0.4) is 0 Å². The molecular weight excluding hydrogens is 236 g/mol. The zero-order chi connectivity index (χ0) is 13.5. The Kier molecular flexibility index (Phi) is 8.00. The van der Waals surface area contributed by atoms with E-state index < -0.39 is 10.2 Å². The lowest BCUT2D eigenvalue weighted by Crippen LogP contribution is -2.45. The highest BCUT2D eigenvalue weighted by atomic mass is 32.2. The van der Waals surface area contributed by atoms with Crippen LogP contribution in [0.2, 0.25) is 0 Å². The first-order valence-electron chi connectivity index (χ1n) is 6.72. The Hall–Kier alpha value is -0.130. The van der Waals surface area contributed by atoms with Crippen molar-refractivity contribution in [3.63, 3.8) is 0 Å². The summed E-state index contributed by atoms with van der Waals surface area (Å²) in [5, 5.41) is 0. The normalized spacial score (nSPS) is 12.9. The van der Waals surface area contributed by atoms with E-state index in [1.807, 2.05) is 20.8 Å². The predicted molar refractivity (Wildman–Crippen MR) is 73.2 cm³/mol. The van der Waals surface area contributed by atoms with E-state index in [9.17, 15) is 8.42 Å². The van der Waals surface area contributed by atoms with E-state index in [-0.39, 0.29) is 0 Å². The van der Waals surface area contributed by atoms with E-state index in [2.05, 4.69) is 13.8 Å². The van der Waals surface area contributed by atoms with Gasteiger partial charge in [-0.25, -0.2) is 0 Å². The highest BCUT2D eigenvalue weighted by molar-refractivity contribution is 7.86. The van der Waals surface area contributed by atoms with Gasteiger partial charge in [-0.15, -0.1) is 0 Å². The smallest absolute Gasteiger partial charge is 0.195 e. The lowest BCUT2D eigenvalue weighted by atomic mass is 10.0. The molecule has 0 aliphatic heterocycles. The van der Waals surface area contributed by atoms with Gasteiger partial charge in [0, 0.05) is 26.2 Å². The molecule has 0 aliphatic rings. The van der Waals surface area contributed by atoms with Gasteiger partial charge in [0.05, 0.1) is 0 Å². The maximum Gasteiger partial charge on any atom is 0.281 e. The minimum absolute atomic E-state index is 0.459. The summed E-state index contributed by atoms with van der Waals surface area (Å²) in [6.45, 7) is 12.2. The second kappa shape index (κ2) is 8.06. The van der Waals surface area contributed by atoms with Crippen LogP contribution in [-0.2, 0) is 10.2 Å². The molecule has 0 aliphatic carbocycles. The first-order chi connectivity index (χ1) is 7.97. The maximum atomic E-state index is 12.3. The van der Waals surface area contributed by atoms with Crippen LogP contribution in [0.25, 0.3) is 0 Å². The zero-order valence-corrected chi connectivity index (χ0v) is 12.8. The summed E-state index contributed by atoms with van der Waals surface area (Å²) < 4.78 is 27.8. The van der Waals surface area contributed by atoms with Crippen molar-refractivity contribution in [1.82, 2.24) is 8.61 Å². The van der Waals surface area contributed by atoms with Gasteiger partial charge in [-0.2, -0.15) is 17.0 Å². The minimum atomic E-state index is -3.26. The molecule has 0 radical (unpaired) electrons. The summed E-state index contributed by atoms with van der Waals surface area (Å²) >= 11 is 0. The van der Waals surface area contributed by atoms with Gasteiger partial charge in [-0.1, -0.05) is 47.5 Å². The molecule has 0 saturated carbocycles. The predicted octanol–water partition coefficient (Wildman–Crippen LogP) is 2.33. The maximum absolute atomic E-state index is 12.3. The largest absolute Gasteiger partial charge is 0.281 e. The second-order valence-corrected chi connectivity index (χ2v) is 6.15. The summed E-state index contributed by atoms with van der Waals surface area (Å²) in [7, 11) is -3.26. The van der Waals surface area contributed by atoms with Gasteiger partial charge in [0.2, 0.25) is 0 Å². The third kappa shape index (κ3) is 4.56. The molecule has 0 rings (SSSR count). The fraction of sp³-hybridized carbons (Fsp3) is 1.00. The summed E-state index contributed by atoms with van der Waals surface area (Å²) in [5.41, 5.74) is 0. The van der Waals surface area contributed by atoms with Crippen molar-refractivity contribution >= 4 is 10.2 Å². The van der Waals surface area contributed by atoms with Gasteiger partial charge in [0.25, 0.3) is 10.2 Å². The van der Waals surface area contributed by atoms with Crippen LogP contribution in [0.4, 0.5) is 0 Å².